The van der Waals surface area contributed by atoms with Gasteiger partial charge in [-0.2, -0.15) is 0 Å². The lowest BCUT2D eigenvalue weighted by atomic mass is 10.0. The molecule has 0 bridgehead atoms. The number of benzene rings is 3. The number of rotatable bonds is 4. The molecule has 154 valence electrons. The summed E-state index contributed by atoms with van der Waals surface area (Å²) in [5, 5.41) is 0. The van der Waals surface area contributed by atoms with Crippen LogP contribution in [0.25, 0.3) is 45.0 Å². The predicted octanol–water partition coefficient (Wildman–Crippen LogP) is 8.06. The summed E-state index contributed by atoms with van der Waals surface area (Å²) in [4.78, 5) is 14.0. The number of aromatic nitrogens is 3. The molecule has 0 N–H and O–H groups in total. The second kappa shape index (κ2) is 9.15. The predicted molar refractivity (Wildman–Crippen MR) is 137 cm³/mol. The molecule has 0 aliphatic heterocycles. The zero-order chi connectivity index (χ0) is 21.9. The molecule has 0 atom stereocenters. The van der Waals surface area contributed by atoms with E-state index >= 15 is 0 Å². The van der Waals surface area contributed by atoms with Gasteiger partial charge in [0.25, 0.3) is 0 Å². The van der Waals surface area contributed by atoms with Gasteiger partial charge in [-0.25, -0.2) is 9.97 Å². The summed E-state index contributed by atoms with van der Waals surface area (Å²) in [7, 11) is 0. The van der Waals surface area contributed by atoms with Crippen molar-refractivity contribution in [1.29, 1.82) is 0 Å². The van der Waals surface area contributed by atoms with Crippen molar-refractivity contribution in [3.63, 3.8) is 0 Å². The van der Waals surface area contributed by atoms with Crippen LogP contribution in [-0.4, -0.2) is 15.0 Å². The average Bonchev–Trinajstić information content (AvgIpc) is 2.84. The summed E-state index contributed by atoms with van der Waals surface area (Å²) >= 11 is 7.18. The molecular weight excluding hydrogens is 526 g/mol. The van der Waals surface area contributed by atoms with Gasteiger partial charge in [0.2, 0.25) is 0 Å². The standard InChI is InChI=1S/C27H17Br2N3/c28-23-13-22(14-24(29)15-23)26-16-25(31-27(32-26)20-5-2-1-3-6-20)19-10-8-18(9-11-19)21-7-4-12-30-17-21/h1-17H. The molecule has 5 aromatic rings. The van der Waals surface area contributed by atoms with Crippen molar-refractivity contribution in [2.75, 3.05) is 0 Å². The van der Waals surface area contributed by atoms with Crippen LogP contribution >= 0.6 is 31.9 Å². The summed E-state index contributed by atoms with van der Waals surface area (Å²) in [5.74, 6) is 0.700. The molecule has 32 heavy (non-hydrogen) atoms. The van der Waals surface area contributed by atoms with Crippen LogP contribution in [-0.2, 0) is 0 Å². The van der Waals surface area contributed by atoms with E-state index < -0.39 is 0 Å². The van der Waals surface area contributed by atoms with Crippen molar-refractivity contribution in [2.24, 2.45) is 0 Å². The third kappa shape index (κ3) is 4.54. The summed E-state index contributed by atoms with van der Waals surface area (Å²) < 4.78 is 1.98. The first-order valence-electron chi connectivity index (χ1n) is 10.1. The average molecular weight is 543 g/mol. The highest BCUT2D eigenvalue weighted by Gasteiger charge is 2.12. The highest BCUT2D eigenvalue weighted by molar-refractivity contribution is 9.11. The van der Waals surface area contributed by atoms with Gasteiger partial charge in [-0.3, -0.25) is 4.98 Å². The van der Waals surface area contributed by atoms with E-state index in [4.69, 9.17) is 9.97 Å². The van der Waals surface area contributed by atoms with E-state index in [1.165, 1.54) is 0 Å². The zero-order valence-corrected chi connectivity index (χ0v) is 20.1. The fourth-order valence-electron chi connectivity index (χ4n) is 3.53. The quantitative estimate of drug-likeness (QED) is 0.230. The number of pyridine rings is 1. The summed E-state index contributed by atoms with van der Waals surface area (Å²) in [6.45, 7) is 0. The lowest BCUT2D eigenvalue weighted by Crippen LogP contribution is -1.96. The maximum atomic E-state index is 4.90. The topological polar surface area (TPSA) is 38.7 Å². The van der Waals surface area contributed by atoms with Gasteiger partial charge in [-0.1, -0.05) is 92.5 Å². The molecule has 0 spiro atoms. The Labute approximate surface area is 203 Å². The maximum Gasteiger partial charge on any atom is 0.160 e. The molecule has 0 aliphatic carbocycles. The Kier molecular flexibility index (Phi) is 5.93. The molecule has 0 radical (unpaired) electrons. The lowest BCUT2D eigenvalue weighted by molar-refractivity contribution is 1.18. The minimum atomic E-state index is 0.700. The molecular formula is C27H17Br2N3. The van der Waals surface area contributed by atoms with Gasteiger partial charge in [0.1, 0.15) is 0 Å². The number of halogens is 2. The molecule has 0 aliphatic rings. The first-order chi connectivity index (χ1) is 15.7. The van der Waals surface area contributed by atoms with E-state index in [1.807, 2.05) is 54.7 Å². The molecule has 2 aromatic heterocycles. The van der Waals surface area contributed by atoms with Crippen molar-refractivity contribution in [3.05, 3.63) is 112 Å². The van der Waals surface area contributed by atoms with E-state index in [-0.39, 0.29) is 0 Å². The summed E-state index contributed by atoms with van der Waals surface area (Å²) in [5.41, 5.74) is 6.99. The molecule has 5 rings (SSSR count). The molecule has 0 unspecified atom stereocenters. The lowest BCUT2D eigenvalue weighted by Gasteiger charge is -2.10. The second-order valence-corrected chi connectivity index (χ2v) is 9.14. The largest absolute Gasteiger partial charge is 0.264 e. The Balaban J connectivity index is 1.63. The Bertz CT molecular complexity index is 1350. The van der Waals surface area contributed by atoms with E-state index in [9.17, 15) is 0 Å². The molecule has 0 amide bonds. The first-order valence-corrected chi connectivity index (χ1v) is 11.7. The van der Waals surface area contributed by atoms with Crippen LogP contribution in [0.5, 0.6) is 0 Å². The maximum absolute atomic E-state index is 4.90. The third-order valence-electron chi connectivity index (χ3n) is 5.09. The van der Waals surface area contributed by atoms with Gasteiger partial charge in [0.05, 0.1) is 11.4 Å². The Morgan fingerprint density at radius 1 is 0.500 bits per heavy atom. The highest BCUT2D eigenvalue weighted by Crippen LogP contribution is 2.31. The summed E-state index contributed by atoms with van der Waals surface area (Å²) in [6.07, 6.45) is 3.65. The van der Waals surface area contributed by atoms with E-state index in [0.29, 0.717) is 5.82 Å². The molecule has 2 heterocycles. The van der Waals surface area contributed by atoms with Crippen LogP contribution in [0.4, 0.5) is 0 Å². The van der Waals surface area contributed by atoms with Gasteiger partial charge in [-0.15, -0.1) is 0 Å². The van der Waals surface area contributed by atoms with Crippen LogP contribution in [0.15, 0.2) is 112 Å². The molecule has 3 nitrogen and oxygen atoms in total. The van der Waals surface area contributed by atoms with Crippen molar-refractivity contribution in [2.45, 2.75) is 0 Å². The molecule has 0 saturated heterocycles. The van der Waals surface area contributed by atoms with Crippen LogP contribution in [0.1, 0.15) is 0 Å². The van der Waals surface area contributed by atoms with Gasteiger partial charge in [-0.05, 0) is 41.5 Å². The first kappa shape index (κ1) is 20.7. The van der Waals surface area contributed by atoms with Crippen molar-refractivity contribution in [3.8, 4) is 45.0 Å². The minimum Gasteiger partial charge on any atom is -0.264 e. The highest BCUT2D eigenvalue weighted by atomic mass is 79.9. The fourth-order valence-corrected chi connectivity index (χ4v) is 4.82. The molecule has 0 fully saturated rings. The van der Waals surface area contributed by atoms with Crippen molar-refractivity contribution < 1.29 is 0 Å². The zero-order valence-electron chi connectivity index (χ0n) is 16.9. The summed E-state index contributed by atoms with van der Waals surface area (Å²) in [6, 6.07) is 30.7. The van der Waals surface area contributed by atoms with Gasteiger partial charge >= 0.3 is 0 Å². The number of hydrogen-bond acceptors (Lipinski definition) is 3. The Hall–Kier alpha value is -3.15. The smallest absolute Gasteiger partial charge is 0.160 e. The number of hydrogen-bond donors (Lipinski definition) is 0. The van der Waals surface area contributed by atoms with Crippen LogP contribution in [0.3, 0.4) is 0 Å². The Morgan fingerprint density at radius 2 is 1.12 bits per heavy atom. The van der Waals surface area contributed by atoms with Gasteiger partial charge < -0.3 is 0 Å². The minimum absolute atomic E-state index is 0.700. The molecule has 5 heteroatoms. The molecule has 0 saturated carbocycles. The van der Waals surface area contributed by atoms with Crippen molar-refractivity contribution >= 4 is 31.9 Å². The normalized spacial score (nSPS) is 10.8. The monoisotopic (exact) mass is 541 g/mol. The Morgan fingerprint density at radius 3 is 1.78 bits per heavy atom. The van der Waals surface area contributed by atoms with E-state index in [0.717, 1.165) is 48.2 Å². The van der Waals surface area contributed by atoms with Gasteiger partial charge in [0.15, 0.2) is 5.82 Å². The third-order valence-corrected chi connectivity index (χ3v) is 6.01. The second-order valence-electron chi connectivity index (χ2n) is 7.31. The fraction of sp³-hybridized carbons (Fsp3) is 0. The van der Waals surface area contributed by atoms with Gasteiger partial charge in [0, 0.05) is 38.0 Å². The van der Waals surface area contributed by atoms with Crippen LogP contribution < -0.4 is 0 Å². The van der Waals surface area contributed by atoms with E-state index in [1.54, 1.807) is 6.20 Å². The van der Waals surface area contributed by atoms with Crippen LogP contribution in [0.2, 0.25) is 0 Å². The molecule has 3 aromatic carbocycles. The number of nitrogens with zero attached hydrogens (tertiary/aromatic N) is 3. The van der Waals surface area contributed by atoms with Crippen molar-refractivity contribution in [1.82, 2.24) is 15.0 Å². The van der Waals surface area contributed by atoms with E-state index in [2.05, 4.69) is 79.3 Å². The SMILES string of the molecule is Brc1cc(Br)cc(-c2cc(-c3ccc(-c4cccnc4)cc3)nc(-c3ccccc3)n2)c1. The van der Waals surface area contributed by atoms with Crippen LogP contribution in [0, 0.1) is 0 Å².